The number of aromatic carboxylic acids is 2. The molecule has 6 N–H and O–H groups in total. The number of aromatic hydroxyl groups is 2. The van der Waals surface area contributed by atoms with Crippen LogP contribution < -0.4 is 29.6 Å². The second kappa shape index (κ2) is 15.9. The van der Waals surface area contributed by atoms with E-state index >= 15 is 0 Å². The summed E-state index contributed by atoms with van der Waals surface area (Å²) in [5, 5.41) is 57.0. The van der Waals surface area contributed by atoms with Crippen molar-refractivity contribution in [1.29, 1.82) is 0 Å². The van der Waals surface area contributed by atoms with E-state index in [1.807, 2.05) is 0 Å². The number of carboxylic acid groups (broad SMARTS) is 2. The van der Waals surface area contributed by atoms with E-state index in [0.717, 1.165) is 36.4 Å². The summed E-state index contributed by atoms with van der Waals surface area (Å²) in [6.07, 6.45) is 2.30. The number of carbonyl (C=O) groups is 2. The van der Waals surface area contributed by atoms with Crippen molar-refractivity contribution in [2.24, 2.45) is 20.5 Å². The molecule has 0 amide bonds. The van der Waals surface area contributed by atoms with Crippen LogP contribution in [0.1, 0.15) is 31.8 Å². The molecule has 0 saturated heterocycles. The summed E-state index contributed by atoms with van der Waals surface area (Å²) in [4.78, 5) is 22.1. The fraction of sp³-hybridized carbons (Fsp3) is 0. The average molecular weight is 792 g/mol. The summed E-state index contributed by atoms with van der Waals surface area (Å²) < 4.78 is 69.6. The predicted octanol–water partition coefficient (Wildman–Crippen LogP) is 5.30. The van der Waals surface area contributed by atoms with Crippen molar-refractivity contribution < 1.29 is 85.5 Å². The summed E-state index contributed by atoms with van der Waals surface area (Å²) in [5.74, 6) is -3.79. The number of carboxylic acids is 2. The number of rotatable bonds is 10. The van der Waals surface area contributed by atoms with Gasteiger partial charge in [-0.05, 0) is 47.5 Å². The molecular weight excluding hydrogens is 768 g/mol. The first-order chi connectivity index (χ1) is 25.5. The molecule has 19 heteroatoms. The minimum atomic E-state index is -4.92. The Morgan fingerprint density at radius 3 is 1.18 bits per heavy atom. The van der Waals surface area contributed by atoms with Crippen molar-refractivity contribution in [1.82, 2.24) is 0 Å². The Morgan fingerprint density at radius 1 is 0.509 bits per heavy atom. The van der Waals surface area contributed by atoms with Gasteiger partial charge in [0, 0.05) is 21.5 Å². The smallest absolute Gasteiger partial charge is 0.506 e. The van der Waals surface area contributed by atoms with E-state index in [-0.39, 0.29) is 74.2 Å². The molecule has 0 saturated carbocycles. The third kappa shape index (κ3) is 8.60. The maximum Gasteiger partial charge on any atom is 1.00 e. The number of azo groups is 2. The average Bonchev–Trinajstić information content (AvgIpc) is 3.13. The van der Waals surface area contributed by atoms with Gasteiger partial charge >= 0.3 is 41.5 Å². The Labute approximate surface area is 333 Å². The van der Waals surface area contributed by atoms with Crippen molar-refractivity contribution in [2.75, 3.05) is 0 Å². The quantitative estimate of drug-likeness (QED) is 0.0447. The third-order valence-electron chi connectivity index (χ3n) is 7.99. The zero-order valence-corrected chi connectivity index (χ0v) is 31.8. The topological polar surface area (TPSA) is 273 Å². The first kappa shape index (κ1) is 40.3. The van der Waals surface area contributed by atoms with Gasteiger partial charge in [0.15, 0.2) is 0 Å². The Bertz CT molecular complexity index is 2680. The Morgan fingerprint density at radius 2 is 0.855 bits per heavy atom. The molecule has 0 aromatic heterocycles. The van der Waals surface area contributed by atoms with Gasteiger partial charge < -0.3 is 20.4 Å². The van der Waals surface area contributed by atoms with E-state index < -0.39 is 64.6 Å². The van der Waals surface area contributed by atoms with Crippen LogP contribution in [0.3, 0.4) is 0 Å². The number of nitrogens with zero attached hydrogens (tertiary/aromatic N) is 4. The maximum absolute atomic E-state index is 12.4. The number of fused-ring (bicyclic) bond motifs is 2. The Kier molecular flexibility index (Phi) is 11.6. The van der Waals surface area contributed by atoms with Crippen LogP contribution >= 0.6 is 0 Å². The van der Waals surface area contributed by atoms with Gasteiger partial charge in [-0.3, -0.25) is 9.11 Å². The zero-order valence-electron chi connectivity index (χ0n) is 28.1. The van der Waals surface area contributed by atoms with Crippen molar-refractivity contribution >= 4 is 88.6 Å². The number of benzene rings is 6. The van der Waals surface area contributed by atoms with Crippen molar-refractivity contribution in [3.8, 4) is 11.5 Å². The molecule has 6 aromatic rings. The first-order valence-electron chi connectivity index (χ1n) is 15.2. The van der Waals surface area contributed by atoms with Gasteiger partial charge in [0.05, 0.1) is 22.7 Å². The summed E-state index contributed by atoms with van der Waals surface area (Å²) in [5.41, 5.74) is -1.22. The van der Waals surface area contributed by atoms with E-state index in [1.165, 1.54) is 36.4 Å². The number of phenols is 2. The predicted molar refractivity (Wildman–Crippen MR) is 195 cm³/mol. The van der Waals surface area contributed by atoms with Crippen LogP contribution in [0.2, 0.25) is 0 Å². The fourth-order valence-corrected chi connectivity index (χ4v) is 6.88. The van der Waals surface area contributed by atoms with E-state index in [2.05, 4.69) is 20.5 Å². The largest absolute Gasteiger partial charge is 1.00 e. The molecule has 272 valence electrons. The monoisotopic (exact) mass is 791 g/mol. The molecule has 0 atom stereocenters. The van der Waals surface area contributed by atoms with Gasteiger partial charge in [-0.15, -0.1) is 10.2 Å². The van der Waals surface area contributed by atoms with Crippen molar-refractivity contribution in [2.45, 2.75) is 9.79 Å². The van der Waals surface area contributed by atoms with E-state index in [1.54, 1.807) is 36.4 Å². The van der Waals surface area contributed by atoms with Gasteiger partial charge in [0.25, 0.3) is 20.2 Å². The van der Waals surface area contributed by atoms with Gasteiger partial charge in [-0.1, -0.05) is 72.8 Å². The van der Waals surface area contributed by atoms with Gasteiger partial charge in [0.1, 0.15) is 32.4 Å². The van der Waals surface area contributed by atoms with Crippen LogP contribution in [-0.4, -0.2) is 58.3 Å². The second-order valence-corrected chi connectivity index (χ2v) is 14.2. The molecule has 0 heterocycles. The maximum atomic E-state index is 12.4. The zero-order chi connectivity index (χ0) is 38.9. The molecule has 16 nitrogen and oxygen atoms in total. The molecule has 0 radical (unpaired) electrons. The molecule has 0 spiro atoms. The molecule has 6 aromatic carbocycles. The molecule has 6 rings (SSSR count). The molecule has 0 fully saturated rings. The van der Waals surface area contributed by atoms with Crippen LogP contribution in [0, 0.1) is 0 Å². The SMILES string of the molecule is O=C(O)c1cc(N=Nc2ccc(/C=C/c3ccc(N=Nc4cc(C(=O)O)c(O)c5ccccc45)cc3S(=O)(=O)O)c(S(=O)(=O)O)c2)c2ccccc2c1O.[Na+]. The first-order valence-corrected chi connectivity index (χ1v) is 18.1. The molecule has 55 heavy (non-hydrogen) atoms. The van der Waals surface area contributed by atoms with Crippen molar-refractivity contribution in [3.05, 3.63) is 119 Å². The van der Waals surface area contributed by atoms with Crippen LogP contribution in [0.5, 0.6) is 11.5 Å². The normalized spacial score (nSPS) is 12.2. The summed E-state index contributed by atoms with van der Waals surface area (Å²) in [7, 11) is -9.84. The minimum Gasteiger partial charge on any atom is -0.506 e. The van der Waals surface area contributed by atoms with Gasteiger partial charge in [0.2, 0.25) is 0 Å². The molecule has 0 aliphatic rings. The molecular formula is C36H24N4NaO12S2+. The van der Waals surface area contributed by atoms with Crippen molar-refractivity contribution in [3.63, 3.8) is 0 Å². The van der Waals surface area contributed by atoms with E-state index in [0.29, 0.717) is 10.8 Å². The van der Waals surface area contributed by atoms with Crippen LogP contribution in [0.25, 0.3) is 33.7 Å². The van der Waals surface area contributed by atoms with E-state index in [9.17, 15) is 56.0 Å². The fourth-order valence-electron chi connectivity index (χ4n) is 5.47. The molecule has 0 aliphatic carbocycles. The Balaban J connectivity index is 0.00000580. The molecule has 0 aliphatic heterocycles. The number of hydrogen-bond acceptors (Lipinski definition) is 12. The Hall–Kier alpha value is -5.86. The van der Waals surface area contributed by atoms with E-state index in [4.69, 9.17) is 0 Å². The minimum absolute atomic E-state index is 0. The molecule has 0 bridgehead atoms. The van der Waals surface area contributed by atoms with Crippen LogP contribution in [-0.2, 0) is 20.2 Å². The summed E-state index contributed by atoms with van der Waals surface area (Å²) in [6.45, 7) is 0. The summed E-state index contributed by atoms with van der Waals surface area (Å²) >= 11 is 0. The molecule has 0 unspecified atom stereocenters. The summed E-state index contributed by atoms with van der Waals surface area (Å²) in [6, 6.07) is 21.7. The number of hydrogen-bond donors (Lipinski definition) is 6. The van der Waals surface area contributed by atoms with Crippen LogP contribution in [0.4, 0.5) is 22.7 Å². The third-order valence-corrected chi connectivity index (χ3v) is 9.81. The van der Waals surface area contributed by atoms with Gasteiger partial charge in [-0.2, -0.15) is 27.1 Å². The van der Waals surface area contributed by atoms with Crippen LogP contribution in [0.15, 0.2) is 127 Å². The standard InChI is InChI=1S/C36H24N4O12S2.Na/c41-33-25-7-3-1-5-23(25)29(17-27(33)35(43)44)39-37-21-13-11-19(31(15-21)53(47,48)49)9-10-20-12-14-22(16-32(20)54(50,51)52)38-40-30-18-28(36(45)46)34(42)26-8-4-2-6-24(26)30;/h1-18,41-42H,(H,43,44)(H,45,46)(H,47,48,49)(H,50,51,52);/q;+1/b10-9+,39-37?,40-38?;. The van der Waals surface area contributed by atoms with Gasteiger partial charge in [-0.25, -0.2) is 9.59 Å². The second-order valence-electron chi connectivity index (χ2n) is 11.4.